The third kappa shape index (κ3) is 3.52. The van der Waals surface area contributed by atoms with Crippen LogP contribution in [0.3, 0.4) is 0 Å². The first-order valence-corrected chi connectivity index (χ1v) is 5.98. The van der Waals surface area contributed by atoms with E-state index >= 15 is 0 Å². The molecule has 4 heteroatoms. The minimum Gasteiger partial charge on any atom is -0.286 e. The summed E-state index contributed by atoms with van der Waals surface area (Å²) >= 11 is 3.39. The average molecular weight is 287 g/mol. The number of halogens is 1. The molecule has 1 aromatic carbocycles. The van der Waals surface area contributed by atoms with Gasteiger partial charge in [0.15, 0.2) is 5.75 Å². The summed E-state index contributed by atoms with van der Waals surface area (Å²) in [6.45, 7) is 5.72. The molecule has 0 fully saturated rings. The van der Waals surface area contributed by atoms with Gasteiger partial charge in [0.05, 0.1) is 0 Å². The topological polar surface area (TPSA) is 35.5 Å². The molecule has 0 bridgehead atoms. The summed E-state index contributed by atoms with van der Waals surface area (Å²) in [5.41, 5.74) is 1.85. The van der Waals surface area contributed by atoms with Crippen molar-refractivity contribution in [2.24, 2.45) is 0 Å². The van der Waals surface area contributed by atoms with Crippen molar-refractivity contribution in [2.45, 2.75) is 33.6 Å². The van der Waals surface area contributed by atoms with Crippen molar-refractivity contribution in [1.29, 1.82) is 0 Å². The van der Waals surface area contributed by atoms with E-state index in [1.807, 2.05) is 32.9 Å². The Bertz CT molecular complexity index is 365. The molecule has 0 aromatic heterocycles. The molecule has 0 aliphatic carbocycles. The highest BCUT2D eigenvalue weighted by Gasteiger charge is 2.09. The second-order valence-corrected chi connectivity index (χ2v) is 4.57. The quantitative estimate of drug-likeness (QED) is 0.625. The summed E-state index contributed by atoms with van der Waals surface area (Å²) in [4.78, 5) is 20.9. The lowest BCUT2D eigenvalue weighted by Gasteiger charge is -2.10. The number of carbonyl (C=O) groups excluding carboxylic acids is 1. The Balaban J connectivity index is 2.70. The predicted molar refractivity (Wildman–Crippen MR) is 65.2 cm³/mol. The normalized spacial score (nSPS) is 10.0. The lowest BCUT2D eigenvalue weighted by atomic mass is 10.1. The van der Waals surface area contributed by atoms with Crippen LogP contribution >= 0.6 is 15.9 Å². The fourth-order valence-corrected chi connectivity index (χ4v) is 2.05. The third-order valence-electron chi connectivity index (χ3n) is 2.10. The van der Waals surface area contributed by atoms with Crippen LogP contribution in [0.2, 0.25) is 0 Å². The molecule has 0 N–H and O–H groups in total. The van der Waals surface area contributed by atoms with Crippen molar-refractivity contribution >= 4 is 21.9 Å². The van der Waals surface area contributed by atoms with E-state index in [9.17, 15) is 4.79 Å². The van der Waals surface area contributed by atoms with Crippen LogP contribution < -0.4 is 4.89 Å². The molecule has 88 valence electrons. The molecule has 0 saturated carbocycles. The van der Waals surface area contributed by atoms with Gasteiger partial charge < -0.3 is 0 Å². The van der Waals surface area contributed by atoms with Crippen LogP contribution in [0, 0.1) is 13.8 Å². The summed E-state index contributed by atoms with van der Waals surface area (Å²) in [6, 6.07) is 3.83. The predicted octanol–water partition coefficient (Wildman–Crippen LogP) is 3.70. The van der Waals surface area contributed by atoms with Crippen molar-refractivity contribution in [3.05, 3.63) is 27.7 Å². The van der Waals surface area contributed by atoms with Crippen molar-refractivity contribution < 1.29 is 14.6 Å². The molecule has 0 aliphatic rings. The van der Waals surface area contributed by atoms with Crippen molar-refractivity contribution in [3.63, 3.8) is 0 Å². The Hall–Kier alpha value is -1.03. The summed E-state index contributed by atoms with van der Waals surface area (Å²) in [5.74, 6) is 0.261. The van der Waals surface area contributed by atoms with Crippen LogP contribution in [-0.2, 0) is 9.68 Å². The SMILES string of the molecule is CCCC(=O)OOc1c(C)cc(Br)cc1C. The summed E-state index contributed by atoms with van der Waals surface area (Å²) in [5, 5.41) is 0. The van der Waals surface area contributed by atoms with Gasteiger partial charge in [0.2, 0.25) is 0 Å². The monoisotopic (exact) mass is 286 g/mol. The van der Waals surface area contributed by atoms with E-state index in [1.165, 1.54) is 0 Å². The van der Waals surface area contributed by atoms with Crippen LogP contribution in [0.25, 0.3) is 0 Å². The first-order valence-electron chi connectivity index (χ1n) is 5.18. The van der Waals surface area contributed by atoms with Crippen LogP contribution in [0.4, 0.5) is 0 Å². The molecule has 3 nitrogen and oxygen atoms in total. The molecule has 0 spiro atoms. The van der Waals surface area contributed by atoms with Crippen LogP contribution in [0.15, 0.2) is 16.6 Å². The average Bonchev–Trinajstić information content (AvgIpc) is 2.16. The fraction of sp³-hybridized carbons (Fsp3) is 0.417. The number of hydrogen-bond donors (Lipinski definition) is 0. The summed E-state index contributed by atoms with van der Waals surface area (Å²) in [7, 11) is 0. The lowest BCUT2D eigenvalue weighted by molar-refractivity contribution is -0.214. The van der Waals surface area contributed by atoms with Crippen LogP contribution in [0.5, 0.6) is 5.75 Å². The van der Waals surface area contributed by atoms with Crippen molar-refractivity contribution in [3.8, 4) is 5.75 Å². The molecular weight excluding hydrogens is 272 g/mol. The van der Waals surface area contributed by atoms with Gasteiger partial charge in [0.1, 0.15) is 0 Å². The Morgan fingerprint density at radius 1 is 1.31 bits per heavy atom. The molecule has 0 saturated heterocycles. The minimum absolute atomic E-state index is 0.343. The first-order chi connectivity index (χ1) is 7.54. The molecule has 0 aliphatic heterocycles. The Labute approximate surface area is 104 Å². The zero-order chi connectivity index (χ0) is 12.1. The maximum Gasteiger partial charge on any atom is 0.355 e. The fourth-order valence-electron chi connectivity index (χ4n) is 1.36. The van der Waals surface area contributed by atoms with Gasteiger partial charge in [-0.15, -0.1) is 0 Å². The number of aryl methyl sites for hydroxylation is 2. The Kier molecular flexibility index (Phi) is 4.80. The lowest BCUT2D eigenvalue weighted by Crippen LogP contribution is -2.08. The van der Waals surface area contributed by atoms with E-state index in [0.717, 1.165) is 22.0 Å². The van der Waals surface area contributed by atoms with Gasteiger partial charge in [0, 0.05) is 10.9 Å². The maximum absolute atomic E-state index is 11.1. The van der Waals surface area contributed by atoms with Gasteiger partial charge >= 0.3 is 5.97 Å². The second-order valence-electron chi connectivity index (χ2n) is 3.66. The molecule has 0 atom stereocenters. The Morgan fingerprint density at radius 2 is 1.88 bits per heavy atom. The summed E-state index contributed by atoms with van der Waals surface area (Å²) in [6.07, 6.45) is 1.12. The third-order valence-corrected chi connectivity index (χ3v) is 2.56. The number of carbonyl (C=O) groups is 1. The molecule has 0 amide bonds. The van der Waals surface area contributed by atoms with E-state index in [1.54, 1.807) is 0 Å². The van der Waals surface area contributed by atoms with Crippen LogP contribution in [-0.4, -0.2) is 5.97 Å². The van der Waals surface area contributed by atoms with Gasteiger partial charge in [-0.2, -0.15) is 0 Å². The van der Waals surface area contributed by atoms with E-state index in [0.29, 0.717) is 12.2 Å². The van der Waals surface area contributed by atoms with E-state index in [4.69, 9.17) is 9.78 Å². The first kappa shape index (κ1) is 13.0. The second kappa shape index (κ2) is 5.89. The Morgan fingerprint density at radius 3 is 2.38 bits per heavy atom. The largest absolute Gasteiger partial charge is 0.355 e. The number of rotatable bonds is 4. The van der Waals surface area contributed by atoms with Gasteiger partial charge in [-0.1, -0.05) is 22.9 Å². The molecule has 16 heavy (non-hydrogen) atoms. The van der Waals surface area contributed by atoms with E-state index in [-0.39, 0.29) is 5.97 Å². The van der Waals surface area contributed by atoms with Crippen molar-refractivity contribution in [1.82, 2.24) is 0 Å². The van der Waals surface area contributed by atoms with Gasteiger partial charge in [-0.25, -0.2) is 4.79 Å². The smallest absolute Gasteiger partial charge is 0.286 e. The molecule has 0 heterocycles. The van der Waals surface area contributed by atoms with Gasteiger partial charge in [-0.3, -0.25) is 9.78 Å². The van der Waals surface area contributed by atoms with Crippen molar-refractivity contribution in [2.75, 3.05) is 0 Å². The zero-order valence-electron chi connectivity index (χ0n) is 9.67. The highest BCUT2D eigenvalue weighted by Crippen LogP contribution is 2.27. The number of benzene rings is 1. The molecule has 1 rings (SSSR count). The minimum atomic E-state index is -0.343. The summed E-state index contributed by atoms with van der Waals surface area (Å²) < 4.78 is 0.981. The molecule has 0 unspecified atom stereocenters. The molecular formula is C12H15BrO3. The van der Waals surface area contributed by atoms with E-state index < -0.39 is 0 Å². The van der Waals surface area contributed by atoms with Crippen LogP contribution in [0.1, 0.15) is 30.9 Å². The van der Waals surface area contributed by atoms with Gasteiger partial charge in [0.25, 0.3) is 0 Å². The standard InChI is InChI=1S/C12H15BrO3/c1-4-5-11(14)15-16-12-8(2)6-10(13)7-9(12)3/h6-7H,4-5H2,1-3H3. The van der Waals surface area contributed by atoms with E-state index in [2.05, 4.69) is 15.9 Å². The molecule has 1 aromatic rings. The highest BCUT2D eigenvalue weighted by atomic mass is 79.9. The highest BCUT2D eigenvalue weighted by molar-refractivity contribution is 9.10. The maximum atomic E-state index is 11.1. The van der Waals surface area contributed by atoms with Gasteiger partial charge in [-0.05, 0) is 43.5 Å². The zero-order valence-corrected chi connectivity index (χ0v) is 11.3. The molecule has 0 radical (unpaired) electrons. The number of hydrogen-bond acceptors (Lipinski definition) is 3.